The smallest absolute Gasteiger partial charge is 0.370 e. The van der Waals surface area contributed by atoms with Gasteiger partial charge >= 0.3 is 6.18 Å². The van der Waals surface area contributed by atoms with Crippen LogP contribution in [0, 0.1) is 0 Å². The molecule has 1 atom stereocenters. The fraction of sp³-hybridized carbons (Fsp3) is 0.250. The molecule has 0 bridgehead atoms. The maximum Gasteiger partial charge on any atom is 0.416 e. The van der Waals surface area contributed by atoms with Gasteiger partial charge in [-0.3, -0.25) is 14.4 Å². The zero-order valence-electron chi connectivity index (χ0n) is 15.6. The number of amides is 3. The molecule has 6 nitrogen and oxygen atoms in total. The third kappa shape index (κ3) is 7.07. The first-order valence-corrected chi connectivity index (χ1v) is 9.22. The van der Waals surface area contributed by atoms with Crippen LogP contribution < -0.4 is 16.4 Å². The Balaban J connectivity index is 2.02. The molecule has 0 aliphatic heterocycles. The van der Waals surface area contributed by atoms with Crippen LogP contribution >= 0.6 is 11.6 Å². The van der Waals surface area contributed by atoms with E-state index < -0.39 is 35.5 Å². The summed E-state index contributed by atoms with van der Waals surface area (Å²) in [6.45, 7) is -0.0547. The number of hydrogen-bond donors (Lipinski definition) is 3. The Kier molecular flexibility index (Phi) is 7.82. The number of primary amides is 1. The zero-order valence-corrected chi connectivity index (χ0v) is 16.4. The monoisotopic (exact) mass is 441 g/mol. The standard InChI is InChI=1S/C20H19ClF3N3O3/c21-15-7-3-13(4-8-15)18(29)27-16(9-10-17(25)28)19(30)26-11-12-1-5-14(6-2-12)20(22,23)24/h1-8,16H,9-11H2,(H2,25,28)(H,26,30)(H,27,29)/t16-/m0/s1. The van der Waals surface area contributed by atoms with Gasteiger partial charge in [-0.2, -0.15) is 13.2 Å². The van der Waals surface area contributed by atoms with E-state index in [0.717, 1.165) is 12.1 Å². The van der Waals surface area contributed by atoms with E-state index in [1.54, 1.807) is 0 Å². The zero-order chi connectivity index (χ0) is 22.3. The van der Waals surface area contributed by atoms with E-state index in [9.17, 15) is 27.6 Å². The summed E-state index contributed by atoms with van der Waals surface area (Å²) < 4.78 is 37.9. The van der Waals surface area contributed by atoms with E-state index in [-0.39, 0.29) is 24.9 Å². The molecule has 0 saturated carbocycles. The lowest BCUT2D eigenvalue weighted by atomic mass is 10.1. The lowest BCUT2D eigenvalue weighted by molar-refractivity contribution is -0.137. The van der Waals surface area contributed by atoms with E-state index in [4.69, 9.17) is 17.3 Å². The molecule has 0 radical (unpaired) electrons. The SMILES string of the molecule is NC(=O)CC[C@H](NC(=O)c1ccc(Cl)cc1)C(=O)NCc1ccc(C(F)(F)F)cc1. The van der Waals surface area contributed by atoms with Gasteiger partial charge < -0.3 is 16.4 Å². The molecule has 0 fully saturated rings. The number of alkyl halides is 3. The van der Waals surface area contributed by atoms with Crippen molar-refractivity contribution in [3.63, 3.8) is 0 Å². The summed E-state index contributed by atoms with van der Waals surface area (Å²) in [6.07, 6.45) is -4.62. The van der Waals surface area contributed by atoms with Crippen molar-refractivity contribution in [2.75, 3.05) is 0 Å². The molecule has 0 aliphatic carbocycles. The third-order valence-corrected chi connectivity index (χ3v) is 4.41. The number of hydrogen-bond acceptors (Lipinski definition) is 3. The van der Waals surface area contributed by atoms with E-state index in [2.05, 4.69) is 10.6 Å². The van der Waals surface area contributed by atoms with Crippen molar-refractivity contribution in [3.8, 4) is 0 Å². The van der Waals surface area contributed by atoms with Crippen molar-refractivity contribution in [1.29, 1.82) is 0 Å². The van der Waals surface area contributed by atoms with Crippen molar-refractivity contribution in [1.82, 2.24) is 10.6 Å². The number of rotatable bonds is 8. The number of halogens is 4. The normalized spacial score (nSPS) is 12.1. The van der Waals surface area contributed by atoms with Gasteiger partial charge in [-0.1, -0.05) is 23.7 Å². The van der Waals surface area contributed by atoms with E-state index in [1.807, 2.05) is 0 Å². The Labute approximate surface area is 175 Å². The summed E-state index contributed by atoms with van der Waals surface area (Å²) in [6, 6.07) is 9.23. The van der Waals surface area contributed by atoms with Crippen LogP contribution in [0.2, 0.25) is 5.02 Å². The molecule has 30 heavy (non-hydrogen) atoms. The number of nitrogens with two attached hydrogens (primary N) is 1. The average Bonchev–Trinajstić information content (AvgIpc) is 2.69. The second-order valence-corrected chi connectivity index (χ2v) is 6.89. The second-order valence-electron chi connectivity index (χ2n) is 6.45. The van der Waals surface area contributed by atoms with Crippen molar-refractivity contribution >= 4 is 29.3 Å². The first kappa shape index (κ1) is 23.2. The molecule has 0 aliphatic rings. The van der Waals surface area contributed by atoms with Gasteiger partial charge in [0.2, 0.25) is 11.8 Å². The predicted octanol–water partition coefficient (Wildman–Crippen LogP) is 3.04. The van der Waals surface area contributed by atoms with Gasteiger partial charge in [0.05, 0.1) is 5.56 Å². The highest BCUT2D eigenvalue weighted by molar-refractivity contribution is 6.30. The second kappa shape index (κ2) is 10.1. The first-order chi connectivity index (χ1) is 14.1. The average molecular weight is 442 g/mol. The van der Waals surface area contributed by atoms with Crippen LogP contribution in [0.3, 0.4) is 0 Å². The largest absolute Gasteiger partial charge is 0.416 e. The molecule has 2 aromatic rings. The molecule has 2 aromatic carbocycles. The quantitative estimate of drug-likeness (QED) is 0.586. The van der Waals surface area contributed by atoms with Crippen LogP contribution in [0.25, 0.3) is 0 Å². The number of carbonyl (C=O) groups excluding carboxylic acids is 3. The van der Waals surface area contributed by atoms with Gasteiger partial charge in [0, 0.05) is 23.6 Å². The Morgan fingerprint density at radius 3 is 2.13 bits per heavy atom. The van der Waals surface area contributed by atoms with E-state index in [0.29, 0.717) is 10.6 Å². The minimum Gasteiger partial charge on any atom is -0.370 e. The first-order valence-electron chi connectivity index (χ1n) is 8.85. The highest BCUT2D eigenvalue weighted by Gasteiger charge is 2.30. The van der Waals surface area contributed by atoms with Gasteiger partial charge in [-0.15, -0.1) is 0 Å². The van der Waals surface area contributed by atoms with Crippen molar-refractivity contribution in [3.05, 3.63) is 70.2 Å². The number of benzene rings is 2. The molecule has 0 aromatic heterocycles. The van der Waals surface area contributed by atoms with Crippen LogP contribution in [0.15, 0.2) is 48.5 Å². The molecular formula is C20H19ClF3N3O3. The van der Waals surface area contributed by atoms with Crippen LogP contribution in [-0.2, 0) is 22.3 Å². The van der Waals surface area contributed by atoms with Crippen molar-refractivity contribution in [2.45, 2.75) is 31.6 Å². The molecular weight excluding hydrogens is 423 g/mol. The minimum absolute atomic E-state index is 0.0342. The lowest BCUT2D eigenvalue weighted by Crippen LogP contribution is -2.47. The molecule has 0 unspecified atom stereocenters. The summed E-state index contributed by atoms with van der Waals surface area (Å²) in [5.74, 6) is -1.79. The van der Waals surface area contributed by atoms with Crippen LogP contribution in [-0.4, -0.2) is 23.8 Å². The van der Waals surface area contributed by atoms with Gasteiger partial charge in [0.15, 0.2) is 0 Å². The Morgan fingerprint density at radius 2 is 1.60 bits per heavy atom. The van der Waals surface area contributed by atoms with Crippen molar-refractivity contribution in [2.24, 2.45) is 5.73 Å². The number of carbonyl (C=O) groups is 3. The molecule has 160 valence electrons. The summed E-state index contributed by atoms with van der Waals surface area (Å²) in [5.41, 5.74) is 5.03. The minimum atomic E-state index is -4.45. The molecule has 10 heteroatoms. The van der Waals surface area contributed by atoms with Gasteiger partial charge in [-0.05, 0) is 48.4 Å². The predicted molar refractivity (Wildman–Crippen MR) is 104 cm³/mol. The lowest BCUT2D eigenvalue weighted by Gasteiger charge is -2.18. The van der Waals surface area contributed by atoms with Crippen LogP contribution in [0.5, 0.6) is 0 Å². The van der Waals surface area contributed by atoms with Crippen molar-refractivity contribution < 1.29 is 27.6 Å². The van der Waals surface area contributed by atoms with E-state index >= 15 is 0 Å². The Hall–Kier alpha value is -3.07. The molecule has 3 amide bonds. The fourth-order valence-electron chi connectivity index (χ4n) is 2.52. The highest BCUT2D eigenvalue weighted by atomic mass is 35.5. The molecule has 2 rings (SSSR count). The van der Waals surface area contributed by atoms with E-state index in [1.165, 1.54) is 36.4 Å². The Morgan fingerprint density at radius 1 is 1.00 bits per heavy atom. The molecule has 4 N–H and O–H groups in total. The molecule has 0 spiro atoms. The topological polar surface area (TPSA) is 101 Å². The van der Waals surface area contributed by atoms with Gasteiger partial charge in [-0.25, -0.2) is 0 Å². The van der Waals surface area contributed by atoms with Gasteiger partial charge in [0.25, 0.3) is 5.91 Å². The summed E-state index contributed by atoms with van der Waals surface area (Å²) in [5, 5.41) is 5.50. The van der Waals surface area contributed by atoms with Crippen LogP contribution in [0.4, 0.5) is 13.2 Å². The molecule has 0 saturated heterocycles. The maximum atomic E-state index is 12.6. The maximum absolute atomic E-state index is 12.6. The Bertz CT molecular complexity index is 900. The summed E-state index contributed by atoms with van der Waals surface area (Å²) in [7, 11) is 0. The summed E-state index contributed by atoms with van der Waals surface area (Å²) in [4.78, 5) is 35.9. The fourth-order valence-corrected chi connectivity index (χ4v) is 2.65. The van der Waals surface area contributed by atoms with Gasteiger partial charge in [0.1, 0.15) is 6.04 Å². The molecule has 0 heterocycles. The highest BCUT2D eigenvalue weighted by Crippen LogP contribution is 2.29. The summed E-state index contributed by atoms with van der Waals surface area (Å²) >= 11 is 5.78. The van der Waals surface area contributed by atoms with Crippen LogP contribution in [0.1, 0.15) is 34.3 Å². The number of nitrogens with one attached hydrogen (secondary N) is 2. The third-order valence-electron chi connectivity index (χ3n) is 4.16.